The summed E-state index contributed by atoms with van der Waals surface area (Å²) in [5, 5.41) is 4.90. The van der Waals surface area contributed by atoms with E-state index >= 15 is 0 Å². The number of rotatable bonds is 6. The molecule has 1 heterocycles. The maximum atomic E-state index is 2.46. The monoisotopic (exact) mass is 612 g/mol. The van der Waals surface area contributed by atoms with E-state index in [0.717, 1.165) is 17.1 Å². The number of benzene rings is 8. The SMILES string of the molecule is c1ccc(-c2ccccc2N(c2ccccc2)c2cccc3c2c2ccccc2n3-c2ccc(-c3ccccc3)c3ccccc23)cc1. The first-order valence-electron chi connectivity index (χ1n) is 16.5. The van der Waals surface area contributed by atoms with Crippen molar-refractivity contribution in [2.24, 2.45) is 0 Å². The maximum Gasteiger partial charge on any atom is 0.0562 e. The zero-order valence-electron chi connectivity index (χ0n) is 26.4. The number of para-hydroxylation sites is 3. The third kappa shape index (κ3) is 4.58. The largest absolute Gasteiger partial charge is 0.309 e. The summed E-state index contributed by atoms with van der Waals surface area (Å²) < 4.78 is 2.46. The molecular weight excluding hydrogens is 581 g/mol. The van der Waals surface area contributed by atoms with Gasteiger partial charge in [-0.05, 0) is 64.5 Å². The Hall–Kier alpha value is -6.38. The molecule has 226 valence electrons. The Kier molecular flexibility index (Phi) is 6.84. The van der Waals surface area contributed by atoms with E-state index in [-0.39, 0.29) is 0 Å². The predicted molar refractivity (Wildman–Crippen MR) is 204 cm³/mol. The summed E-state index contributed by atoms with van der Waals surface area (Å²) in [4.78, 5) is 2.43. The van der Waals surface area contributed by atoms with Crippen LogP contribution in [0.2, 0.25) is 0 Å². The van der Waals surface area contributed by atoms with Crippen LogP contribution in [0.15, 0.2) is 194 Å². The number of hydrogen-bond donors (Lipinski definition) is 0. The Morgan fingerprint density at radius 1 is 0.333 bits per heavy atom. The lowest BCUT2D eigenvalue weighted by Gasteiger charge is -2.28. The fraction of sp³-hybridized carbons (Fsp3) is 0. The zero-order chi connectivity index (χ0) is 31.9. The summed E-state index contributed by atoms with van der Waals surface area (Å²) in [5.41, 5.74) is 11.8. The molecule has 0 aliphatic heterocycles. The maximum absolute atomic E-state index is 2.46. The Bertz CT molecular complexity index is 2550. The van der Waals surface area contributed by atoms with Gasteiger partial charge >= 0.3 is 0 Å². The molecule has 2 heteroatoms. The number of fused-ring (bicyclic) bond motifs is 4. The second-order valence-electron chi connectivity index (χ2n) is 12.1. The molecule has 0 radical (unpaired) electrons. The minimum Gasteiger partial charge on any atom is -0.309 e. The summed E-state index contributed by atoms with van der Waals surface area (Å²) >= 11 is 0. The Morgan fingerprint density at radius 2 is 0.875 bits per heavy atom. The van der Waals surface area contributed by atoms with Crippen molar-refractivity contribution in [1.29, 1.82) is 0 Å². The van der Waals surface area contributed by atoms with Crippen LogP contribution in [-0.2, 0) is 0 Å². The lowest BCUT2D eigenvalue weighted by molar-refractivity contribution is 1.20. The third-order valence-corrected chi connectivity index (χ3v) is 9.39. The van der Waals surface area contributed by atoms with Crippen LogP contribution in [0.25, 0.3) is 60.5 Å². The van der Waals surface area contributed by atoms with E-state index in [1.807, 2.05) is 0 Å². The molecule has 0 aliphatic carbocycles. The summed E-state index contributed by atoms with van der Waals surface area (Å²) in [6, 6.07) is 69.8. The van der Waals surface area contributed by atoms with Gasteiger partial charge in [-0.1, -0.05) is 152 Å². The van der Waals surface area contributed by atoms with Crippen molar-refractivity contribution in [3.63, 3.8) is 0 Å². The van der Waals surface area contributed by atoms with Crippen LogP contribution in [-0.4, -0.2) is 4.57 Å². The van der Waals surface area contributed by atoms with Crippen molar-refractivity contribution in [3.05, 3.63) is 194 Å². The smallest absolute Gasteiger partial charge is 0.0562 e. The van der Waals surface area contributed by atoms with E-state index in [1.165, 1.54) is 60.5 Å². The van der Waals surface area contributed by atoms with Crippen LogP contribution < -0.4 is 4.90 Å². The molecule has 0 fully saturated rings. The molecule has 0 unspecified atom stereocenters. The van der Waals surface area contributed by atoms with Crippen LogP contribution in [0.1, 0.15) is 0 Å². The van der Waals surface area contributed by atoms with Gasteiger partial charge < -0.3 is 9.47 Å². The first-order chi connectivity index (χ1) is 23.9. The molecule has 9 aromatic rings. The first kappa shape index (κ1) is 27.9. The van der Waals surface area contributed by atoms with Gasteiger partial charge in [-0.2, -0.15) is 0 Å². The molecule has 0 spiro atoms. The number of hydrogen-bond acceptors (Lipinski definition) is 1. The van der Waals surface area contributed by atoms with Gasteiger partial charge in [0.25, 0.3) is 0 Å². The van der Waals surface area contributed by atoms with Crippen molar-refractivity contribution >= 4 is 49.6 Å². The molecule has 9 rings (SSSR count). The first-order valence-corrected chi connectivity index (χ1v) is 16.5. The highest BCUT2D eigenvalue weighted by Gasteiger charge is 2.23. The van der Waals surface area contributed by atoms with Crippen molar-refractivity contribution < 1.29 is 0 Å². The zero-order valence-corrected chi connectivity index (χ0v) is 26.4. The lowest BCUT2D eigenvalue weighted by atomic mass is 9.97. The van der Waals surface area contributed by atoms with Crippen LogP contribution in [0.3, 0.4) is 0 Å². The molecule has 8 aromatic carbocycles. The van der Waals surface area contributed by atoms with Gasteiger partial charge in [0.1, 0.15) is 0 Å². The molecule has 1 aromatic heterocycles. The Morgan fingerprint density at radius 3 is 1.62 bits per heavy atom. The van der Waals surface area contributed by atoms with Crippen molar-refractivity contribution in [2.45, 2.75) is 0 Å². The fourth-order valence-electron chi connectivity index (χ4n) is 7.31. The van der Waals surface area contributed by atoms with E-state index in [4.69, 9.17) is 0 Å². The van der Waals surface area contributed by atoms with Gasteiger partial charge in [-0.3, -0.25) is 0 Å². The standard InChI is InChI=1S/C46H32N2/c1-4-17-33(18-5-1)36-31-32-43(39-25-11-10-24-38(36)39)48-42-28-15-13-26-40(42)46-44(29-16-30-45(46)48)47(35-21-8-3-9-22-35)41-27-14-12-23-37(41)34-19-6-2-7-20-34/h1-32H. The van der Waals surface area contributed by atoms with Gasteiger partial charge in [0.05, 0.1) is 28.1 Å². The number of anilines is 3. The summed E-state index contributed by atoms with van der Waals surface area (Å²) in [6.07, 6.45) is 0. The predicted octanol–water partition coefficient (Wildman–Crippen LogP) is 12.7. The molecule has 48 heavy (non-hydrogen) atoms. The van der Waals surface area contributed by atoms with Crippen LogP contribution >= 0.6 is 0 Å². The van der Waals surface area contributed by atoms with Gasteiger partial charge in [-0.15, -0.1) is 0 Å². The van der Waals surface area contributed by atoms with Crippen molar-refractivity contribution in [2.75, 3.05) is 4.90 Å². The fourth-order valence-corrected chi connectivity index (χ4v) is 7.31. The average Bonchev–Trinajstić information content (AvgIpc) is 3.51. The molecule has 0 aliphatic rings. The van der Waals surface area contributed by atoms with Gasteiger partial charge in [0, 0.05) is 27.4 Å². The second-order valence-corrected chi connectivity index (χ2v) is 12.1. The van der Waals surface area contributed by atoms with E-state index < -0.39 is 0 Å². The quantitative estimate of drug-likeness (QED) is 0.181. The normalized spacial score (nSPS) is 11.3. The molecule has 2 nitrogen and oxygen atoms in total. The molecule has 0 saturated carbocycles. The average molecular weight is 613 g/mol. The van der Waals surface area contributed by atoms with Gasteiger partial charge in [-0.25, -0.2) is 0 Å². The van der Waals surface area contributed by atoms with Gasteiger partial charge in [0.15, 0.2) is 0 Å². The van der Waals surface area contributed by atoms with Gasteiger partial charge in [0.2, 0.25) is 0 Å². The summed E-state index contributed by atoms with van der Waals surface area (Å²) in [6.45, 7) is 0. The molecule has 0 bridgehead atoms. The third-order valence-electron chi connectivity index (χ3n) is 9.39. The van der Waals surface area contributed by atoms with E-state index in [1.54, 1.807) is 0 Å². The second kappa shape index (κ2) is 11.8. The Labute approximate surface area is 280 Å². The molecule has 0 N–H and O–H groups in total. The van der Waals surface area contributed by atoms with Crippen LogP contribution in [0, 0.1) is 0 Å². The highest BCUT2D eigenvalue weighted by atomic mass is 15.1. The van der Waals surface area contributed by atoms with Crippen molar-refractivity contribution in [1.82, 2.24) is 4.57 Å². The molecule has 0 amide bonds. The molecular formula is C46H32N2. The molecule has 0 atom stereocenters. The molecule has 0 saturated heterocycles. The highest BCUT2D eigenvalue weighted by molar-refractivity contribution is 6.18. The number of aromatic nitrogens is 1. The van der Waals surface area contributed by atoms with Crippen LogP contribution in [0.5, 0.6) is 0 Å². The van der Waals surface area contributed by atoms with Crippen molar-refractivity contribution in [3.8, 4) is 27.9 Å². The highest BCUT2D eigenvalue weighted by Crippen LogP contribution is 2.47. The van der Waals surface area contributed by atoms with E-state index in [2.05, 4.69) is 204 Å². The van der Waals surface area contributed by atoms with E-state index in [9.17, 15) is 0 Å². The minimum absolute atomic E-state index is 1.11. The topological polar surface area (TPSA) is 8.17 Å². The Balaban J connectivity index is 1.35. The van der Waals surface area contributed by atoms with E-state index in [0.29, 0.717) is 0 Å². The minimum atomic E-state index is 1.11. The summed E-state index contributed by atoms with van der Waals surface area (Å²) in [7, 11) is 0. The number of nitrogens with zero attached hydrogens (tertiary/aromatic N) is 2. The summed E-state index contributed by atoms with van der Waals surface area (Å²) in [5.74, 6) is 0. The lowest BCUT2D eigenvalue weighted by Crippen LogP contribution is -2.11. The van der Waals surface area contributed by atoms with Crippen LogP contribution in [0.4, 0.5) is 17.1 Å².